The van der Waals surface area contributed by atoms with Crippen LogP contribution in [0.3, 0.4) is 0 Å². The van der Waals surface area contributed by atoms with Gasteiger partial charge < -0.3 is 20.7 Å². The summed E-state index contributed by atoms with van der Waals surface area (Å²) in [4.78, 5) is 64.5. The monoisotopic (exact) mass is 444 g/mol. The number of nitrogens with two attached hydrogens (primary N) is 1. The quantitative estimate of drug-likeness (QED) is 0.634. The Balaban J connectivity index is 1.64. The van der Waals surface area contributed by atoms with Gasteiger partial charge in [0.25, 0.3) is 0 Å². The van der Waals surface area contributed by atoms with Crippen molar-refractivity contribution in [1.82, 2.24) is 15.1 Å². The zero-order chi connectivity index (χ0) is 23.3. The minimum Gasteiger partial charge on any atom is -0.444 e. The van der Waals surface area contributed by atoms with E-state index in [2.05, 4.69) is 5.32 Å². The van der Waals surface area contributed by atoms with Crippen molar-refractivity contribution in [3.63, 3.8) is 0 Å². The van der Waals surface area contributed by atoms with E-state index in [1.54, 1.807) is 31.2 Å². The van der Waals surface area contributed by atoms with Crippen LogP contribution >= 0.6 is 0 Å². The van der Waals surface area contributed by atoms with Gasteiger partial charge in [-0.1, -0.05) is 37.3 Å². The lowest BCUT2D eigenvalue weighted by Gasteiger charge is -2.29. The summed E-state index contributed by atoms with van der Waals surface area (Å²) in [5, 5.41) is 2.64. The molecule has 0 aliphatic carbocycles. The summed E-state index contributed by atoms with van der Waals surface area (Å²) in [6.07, 6.45) is 0.698. The molecule has 3 atom stereocenters. The molecule has 2 saturated heterocycles. The van der Waals surface area contributed by atoms with Crippen molar-refractivity contribution in [2.24, 2.45) is 5.73 Å². The third kappa shape index (κ3) is 5.06. The first kappa shape index (κ1) is 23.2. The van der Waals surface area contributed by atoms with Crippen LogP contribution < -0.4 is 11.1 Å². The molecule has 2 fully saturated rings. The Morgan fingerprint density at radius 3 is 2.53 bits per heavy atom. The summed E-state index contributed by atoms with van der Waals surface area (Å²) in [5.74, 6) is -2.09. The number of nitrogens with zero attached hydrogens (tertiary/aromatic N) is 2. The highest BCUT2D eigenvalue weighted by Crippen LogP contribution is 2.22. The number of carbonyl (C=O) groups is 5. The van der Waals surface area contributed by atoms with Crippen LogP contribution in [0.15, 0.2) is 30.3 Å². The van der Waals surface area contributed by atoms with Gasteiger partial charge in [0.05, 0.1) is 0 Å². The van der Waals surface area contributed by atoms with Crippen LogP contribution in [0.25, 0.3) is 0 Å². The number of hydrogen-bond donors (Lipinski definition) is 2. The summed E-state index contributed by atoms with van der Waals surface area (Å²) in [6.45, 7) is 2.08. The van der Waals surface area contributed by atoms with Crippen molar-refractivity contribution in [2.45, 2.75) is 63.8 Å². The van der Waals surface area contributed by atoms with Gasteiger partial charge in [0, 0.05) is 13.0 Å². The van der Waals surface area contributed by atoms with Gasteiger partial charge in [-0.05, 0) is 31.2 Å². The van der Waals surface area contributed by atoms with Crippen LogP contribution in [0.2, 0.25) is 0 Å². The molecule has 0 aromatic heterocycles. The van der Waals surface area contributed by atoms with E-state index in [0.717, 1.165) is 10.5 Å². The van der Waals surface area contributed by atoms with Gasteiger partial charge in [-0.3, -0.25) is 19.2 Å². The summed E-state index contributed by atoms with van der Waals surface area (Å²) in [5.41, 5.74) is 6.14. The van der Waals surface area contributed by atoms with Crippen LogP contribution in [0.1, 0.15) is 44.6 Å². The van der Waals surface area contributed by atoms with Gasteiger partial charge in [0.15, 0.2) is 0 Å². The number of rotatable bonds is 7. The van der Waals surface area contributed by atoms with Crippen molar-refractivity contribution in [3.05, 3.63) is 35.9 Å². The maximum absolute atomic E-state index is 12.9. The number of likely N-dealkylation sites (tertiary alicyclic amines) is 2. The maximum atomic E-state index is 12.9. The smallest absolute Gasteiger partial charge is 0.417 e. The highest BCUT2D eigenvalue weighted by Gasteiger charge is 2.43. The van der Waals surface area contributed by atoms with E-state index in [4.69, 9.17) is 10.5 Å². The summed E-state index contributed by atoms with van der Waals surface area (Å²) >= 11 is 0. The molecule has 0 spiro atoms. The Labute approximate surface area is 186 Å². The molecular formula is C22H28N4O6. The van der Waals surface area contributed by atoms with Crippen LogP contribution in [0, 0.1) is 0 Å². The molecule has 0 unspecified atom stereocenters. The zero-order valence-corrected chi connectivity index (χ0v) is 18.0. The fourth-order valence-electron chi connectivity index (χ4n) is 4.08. The molecule has 0 saturated carbocycles. The number of benzene rings is 1. The van der Waals surface area contributed by atoms with Crippen molar-refractivity contribution < 1.29 is 28.7 Å². The van der Waals surface area contributed by atoms with Crippen LogP contribution in [-0.4, -0.2) is 64.2 Å². The highest BCUT2D eigenvalue weighted by atomic mass is 16.6. The number of nitrogens with one attached hydrogen (secondary N) is 1. The first-order valence-corrected chi connectivity index (χ1v) is 10.8. The summed E-state index contributed by atoms with van der Waals surface area (Å²) in [7, 11) is 0. The van der Waals surface area contributed by atoms with Crippen LogP contribution in [0.5, 0.6) is 0 Å². The van der Waals surface area contributed by atoms with Crippen molar-refractivity contribution in [1.29, 1.82) is 0 Å². The Hall–Kier alpha value is -3.43. The average Bonchev–Trinajstić information content (AvgIpc) is 3.43. The number of imide groups is 1. The number of primary amides is 1. The summed E-state index contributed by atoms with van der Waals surface area (Å²) < 4.78 is 5.22. The normalized spacial score (nSPS) is 21.3. The first-order valence-electron chi connectivity index (χ1n) is 10.8. The number of ether oxygens (including phenoxy) is 1. The molecule has 3 N–H and O–H groups in total. The van der Waals surface area contributed by atoms with E-state index in [9.17, 15) is 24.0 Å². The lowest BCUT2D eigenvalue weighted by atomic mass is 10.1. The molecule has 2 heterocycles. The first-order chi connectivity index (χ1) is 15.3. The van der Waals surface area contributed by atoms with Crippen LogP contribution in [-0.2, 0) is 30.5 Å². The lowest BCUT2D eigenvalue weighted by Crippen LogP contribution is -2.56. The third-order valence-corrected chi connectivity index (χ3v) is 5.80. The Bertz CT molecular complexity index is 890. The van der Waals surface area contributed by atoms with Crippen molar-refractivity contribution >= 4 is 29.7 Å². The second-order valence-corrected chi connectivity index (χ2v) is 7.92. The molecule has 5 amide bonds. The van der Waals surface area contributed by atoms with Crippen LogP contribution in [0.4, 0.5) is 4.79 Å². The average molecular weight is 444 g/mol. The van der Waals surface area contributed by atoms with Gasteiger partial charge in [0.1, 0.15) is 24.7 Å². The molecule has 1 aromatic rings. The van der Waals surface area contributed by atoms with Crippen molar-refractivity contribution in [3.8, 4) is 0 Å². The molecule has 172 valence electrons. The number of hydrogen-bond acceptors (Lipinski definition) is 6. The van der Waals surface area contributed by atoms with E-state index >= 15 is 0 Å². The largest absolute Gasteiger partial charge is 0.444 e. The standard InChI is InChI=1S/C22H28N4O6/c1-2-15(21(30)25-12-6-9-16(25)19(23)28)24-20(29)17-10-11-18(27)26(17)22(31)32-13-14-7-4-3-5-8-14/h3-5,7-8,15-17H,2,6,9-13H2,1H3,(H2,23,28)(H,24,29)/t15-,16-,17-/m0/s1. The number of carbonyl (C=O) groups excluding carboxylic acids is 5. The molecule has 10 heteroatoms. The topological polar surface area (TPSA) is 139 Å². The predicted molar refractivity (Wildman–Crippen MR) is 113 cm³/mol. The van der Waals surface area contributed by atoms with E-state index in [1.807, 2.05) is 6.07 Å². The molecule has 2 aliphatic rings. The van der Waals surface area contributed by atoms with E-state index < -0.39 is 47.8 Å². The molecule has 32 heavy (non-hydrogen) atoms. The van der Waals surface area contributed by atoms with Gasteiger partial charge in [-0.2, -0.15) is 0 Å². The molecule has 10 nitrogen and oxygen atoms in total. The molecule has 0 bridgehead atoms. The maximum Gasteiger partial charge on any atom is 0.417 e. The van der Waals surface area contributed by atoms with Crippen molar-refractivity contribution in [2.75, 3.05) is 6.54 Å². The fourth-order valence-corrected chi connectivity index (χ4v) is 4.08. The highest BCUT2D eigenvalue weighted by molar-refractivity contribution is 6.01. The zero-order valence-electron chi connectivity index (χ0n) is 18.0. The molecule has 2 aliphatic heterocycles. The minimum absolute atomic E-state index is 0.0269. The van der Waals surface area contributed by atoms with E-state index in [1.165, 1.54) is 4.90 Å². The fraction of sp³-hybridized carbons (Fsp3) is 0.500. The predicted octanol–water partition coefficient (Wildman–Crippen LogP) is 0.685. The minimum atomic E-state index is -1.06. The Kier molecular flexibility index (Phi) is 7.45. The second-order valence-electron chi connectivity index (χ2n) is 7.92. The van der Waals surface area contributed by atoms with Gasteiger partial charge in [-0.15, -0.1) is 0 Å². The van der Waals surface area contributed by atoms with Gasteiger partial charge in [-0.25, -0.2) is 9.69 Å². The SMILES string of the molecule is CC[C@H](NC(=O)[C@@H]1CCC(=O)N1C(=O)OCc1ccccc1)C(=O)N1CCC[C@H]1C(N)=O. The Morgan fingerprint density at radius 1 is 1.16 bits per heavy atom. The lowest BCUT2D eigenvalue weighted by molar-refractivity contribution is -0.141. The Morgan fingerprint density at radius 2 is 1.88 bits per heavy atom. The van der Waals surface area contributed by atoms with E-state index in [-0.39, 0.29) is 25.9 Å². The molecule has 3 rings (SSSR count). The second kappa shape index (κ2) is 10.3. The molecular weight excluding hydrogens is 416 g/mol. The molecule has 0 radical (unpaired) electrons. The summed E-state index contributed by atoms with van der Waals surface area (Å²) in [6, 6.07) is 6.34. The third-order valence-electron chi connectivity index (χ3n) is 5.80. The van der Waals surface area contributed by atoms with Gasteiger partial charge in [0.2, 0.25) is 23.6 Å². The number of amides is 5. The van der Waals surface area contributed by atoms with E-state index in [0.29, 0.717) is 19.4 Å². The molecule has 1 aromatic carbocycles. The van der Waals surface area contributed by atoms with Gasteiger partial charge >= 0.3 is 6.09 Å².